The number of anilines is 1. The van der Waals surface area contributed by atoms with E-state index in [1.165, 1.54) is 6.92 Å². The summed E-state index contributed by atoms with van der Waals surface area (Å²) in [6.07, 6.45) is -0.0149. The number of halogens is 2. The van der Waals surface area contributed by atoms with Gasteiger partial charge in [0.05, 0.1) is 5.69 Å². The van der Waals surface area contributed by atoms with Gasteiger partial charge < -0.3 is 11.1 Å². The molecule has 3 nitrogen and oxygen atoms in total. The minimum absolute atomic E-state index is 0.0149. The summed E-state index contributed by atoms with van der Waals surface area (Å²) in [5.41, 5.74) is 6.73. The zero-order valence-electron chi connectivity index (χ0n) is 11.6. The van der Waals surface area contributed by atoms with Crippen LogP contribution >= 0.6 is 0 Å². The minimum atomic E-state index is -0.671. The zero-order chi connectivity index (χ0) is 15.4. The highest BCUT2D eigenvalue weighted by molar-refractivity contribution is 5.91. The molecule has 1 amide bonds. The number of aryl methyl sites for hydroxylation is 1. The average Bonchev–Trinajstić information content (AvgIpc) is 2.45. The summed E-state index contributed by atoms with van der Waals surface area (Å²) in [4.78, 5) is 11.9. The Morgan fingerprint density at radius 1 is 1.19 bits per heavy atom. The Kier molecular flexibility index (Phi) is 4.65. The quantitative estimate of drug-likeness (QED) is 0.907. The van der Waals surface area contributed by atoms with E-state index < -0.39 is 23.6 Å². The maximum atomic E-state index is 13.6. The van der Waals surface area contributed by atoms with Crippen LogP contribution in [0, 0.1) is 18.6 Å². The summed E-state index contributed by atoms with van der Waals surface area (Å²) in [7, 11) is 0. The molecule has 2 rings (SSSR count). The molecule has 21 heavy (non-hydrogen) atoms. The van der Waals surface area contributed by atoms with Crippen molar-refractivity contribution in [3.05, 3.63) is 65.2 Å². The van der Waals surface area contributed by atoms with Gasteiger partial charge in [-0.2, -0.15) is 0 Å². The summed E-state index contributed by atoms with van der Waals surface area (Å²) in [6.45, 7) is 1.45. The Balaban J connectivity index is 2.04. The highest BCUT2D eigenvalue weighted by Crippen LogP contribution is 2.20. The molecule has 0 spiro atoms. The fourth-order valence-corrected chi connectivity index (χ4v) is 1.96. The van der Waals surface area contributed by atoms with Crippen molar-refractivity contribution >= 4 is 11.6 Å². The van der Waals surface area contributed by atoms with Crippen LogP contribution in [-0.4, -0.2) is 5.91 Å². The van der Waals surface area contributed by atoms with Gasteiger partial charge in [0.25, 0.3) is 0 Å². The first kappa shape index (κ1) is 15.1. The van der Waals surface area contributed by atoms with Crippen molar-refractivity contribution in [2.45, 2.75) is 19.4 Å². The van der Waals surface area contributed by atoms with Crippen molar-refractivity contribution in [1.29, 1.82) is 0 Å². The molecule has 3 N–H and O–H groups in total. The maximum Gasteiger partial charge on any atom is 0.226 e. The summed E-state index contributed by atoms with van der Waals surface area (Å²) < 4.78 is 27.0. The highest BCUT2D eigenvalue weighted by atomic mass is 19.1. The molecule has 0 saturated carbocycles. The van der Waals surface area contributed by atoms with Gasteiger partial charge in [-0.05, 0) is 24.1 Å². The molecule has 0 aliphatic heterocycles. The highest BCUT2D eigenvalue weighted by Gasteiger charge is 2.14. The first-order valence-electron chi connectivity index (χ1n) is 6.53. The van der Waals surface area contributed by atoms with Crippen LogP contribution in [0.15, 0.2) is 42.5 Å². The van der Waals surface area contributed by atoms with Crippen molar-refractivity contribution in [3.63, 3.8) is 0 Å². The predicted octanol–water partition coefficient (Wildman–Crippen LogP) is 3.30. The SMILES string of the molecule is Cc1cc(F)c(NC(=O)CC(N)c2ccccc2)cc1F. The number of benzene rings is 2. The topological polar surface area (TPSA) is 55.1 Å². The van der Waals surface area contributed by atoms with E-state index in [1.54, 1.807) is 0 Å². The molecule has 5 heteroatoms. The molecule has 0 heterocycles. The molecule has 0 aromatic heterocycles. The van der Waals surface area contributed by atoms with Gasteiger partial charge in [-0.15, -0.1) is 0 Å². The standard InChI is InChI=1S/C16H16F2N2O/c1-10-7-13(18)15(8-12(10)17)20-16(21)9-14(19)11-5-3-2-4-6-11/h2-8,14H,9,19H2,1H3,(H,20,21). The van der Waals surface area contributed by atoms with E-state index in [0.717, 1.165) is 17.7 Å². The summed E-state index contributed by atoms with van der Waals surface area (Å²) in [5.74, 6) is -1.71. The van der Waals surface area contributed by atoms with Gasteiger partial charge in [-0.25, -0.2) is 8.78 Å². The van der Waals surface area contributed by atoms with Crippen LogP contribution in [0.3, 0.4) is 0 Å². The number of nitrogens with two attached hydrogens (primary N) is 1. The van der Waals surface area contributed by atoms with Crippen molar-refractivity contribution < 1.29 is 13.6 Å². The lowest BCUT2D eigenvalue weighted by Crippen LogP contribution is -2.21. The molecular formula is C16H16F2N2O. The zero-order valence-corrected chi connectivity index (χ0v) is 11.6. The molecule has 0 bridgehead atoms. The Morgan fingerprint density at radius 3 is 2.52 bits per heavy atom. The largest absolute Gasteiger partial charge is 0.324 e. The average molecular weight is 290 g/mol. The third-order valence-corrected chi connectivity index (χ3v) is 3.16. The first-order chi connectivity index (χ1) is 9.97. The van der Waals surface area contributed by atoms with Crippen LogP contribution in [0.5, 0.6) is 0 Å². The Labute approximate surface area is 121 Å². The predicted molar refractivity (Wildman–Crippen MR) is 77.7 cm³/mol. The van der Waals surface area contributed by atoms with Crippen molar-refractivity contribution in [1.82, 2.24) is 0 Å². The second-order valence-corrected chi connectivity index (χ2v) is 4.85. The lowest BCUT2D eigenvalue weighted by Gasteiger charge is -2.13. The second kappa shape index (κ2) is 6.45. The van der Waals surface area contributed by atoms with E-state index in [9.17, 15) is 13.6 Å². The molecule has 0 fully saturated rings. The number of rotatable bonds is 4. The summed E-state index contributed by atoms with van der Waals surface area (Å²) >= 11 is 0. The monoisotopic (exact) mass is 290 g/mol. The van der Waals surface area contributed by atoms with Gasteiger partial charge in [0.15, 0.2) is 0 Å². The number of hydrogen-bond acceptors (Lipinski definition) is 2. The molecular weight excluding hydrogens is 274 g/mol. The third kappa shape index (κ3) is 3.86. The number of nitrogens with one attached hydrogen (secondary N) is 1. The minimum Gasteiger partial charge on any atom is -0.324 e. The normalized spacial score (nSPS) is 12.0. The van der Waals surface area contributed by atoms with E-state index >= 15 is 0 Å². The van der Waals surface area contributed by atoms with Crippen molar-refractivity contribution in [2.75, 3.05) is 5.32 Å². The molecule has 1 unspecified atom stereocenters. The molecule has 2 aromatic carbocycles. The number of carbonyl (C=O) groups excluding carboxylic acids is 1. The van der Waals surface area contributed by atoms with Crippen molar-refractivity contribution in [3.8, 4) is 0 Å². The van der Waals surface area contributed by atoms with E-state index in [1.807, 2.05) is 30.3 Å². The van der Waals surface area contributed by atoms with Crippen LogP contribution < -0.4 is 11.1 Å². The van der Waals surface area contributed by atoms with Crippen LogP contribution in [0.4, 0.5) is 14.5 Å². The lowest BCUT2D eigenvalue weighted by atomic mass is 10.0. The summed E-state index contributed by atoms with van der Waals surface area (Å²) in [5, 5.41) is 2.34. The van der Waals surface area contributed by atoms with Gasteiger partial charge in [0.1, 0.15) is 11.6 Å². The van der Waals surface area contributed by atoms with Crippen LogP contribution in [-0.2, 0) is 4.79 Å². The number of amides is 1. The van der Waals surface area contributed by atoms with Crippen LogP contribution in [0.2, 0.25) is 0 Å². The Hall–Kier alpha value is -2.27. The van der Waals surface area contributed by atoms with Gasteiger partial charge in [-0.1, -0.05) is 30.3 Å². The van der Waals surface area contributed by atoms with E-state index in [0.29, 0.717) is 0 Å². The smallest absolute Gasteiger partial charge is 0.226 e. The Morgan fingerprint density at radius 2 is 1.86 bits per heavy atom. The fourth-order valence-electron chi connectivity index (χ4n) is 1.96. The first-order valence-corrected chi connectivity index (χ1v) is 6.53. The van der Waals surface area contributed by atoms with Gasteiger partial charge in [0.2, 0.25) is 5.91 Å². The third-order valence-electron chi connectivity index (χ3n) is 3.16. The maximum absolute atomic E-state index is 13.6. The molecule has 1 atom stereocenters. The van der Waals surface area contributed by atoms with Gasteiger partial charge >= 0.3 is 0 Å². The number of carbonyl (C=O) groups is 1. The van der Waals surface area contributed by atoms with Crippen LogP contribution in [0.1, 0.15) is 23.6 Å². The van der Waals surface area contributed by atoms with E-state index in [2.05, 4.69) is 5.32 Å². The number of hydrogen-bond donors (Lipinski definition) is 2. The van der Waals surface area contributed by atoms with Gasteiger partial charge in [-0.3, -0.25) is 4.79 Å². The van der Waals surface area contributed by atoms with Crippen molar-refractivity contribution in [2.24, 2.45) is 5.73 Å². The second-order valence-electron chi connectivity index (χ2n) is 4.85. The van der Waals surface area contributed by atoms with E-state index in [4.69, 9.17) is 5.73 Å². The Bertz CT molecular complexity index is 644. The van der Waals surface area contributed by atoms with E-state index in [-0.39, 0.29) is 17.7 Å². The fraction of sp³-hybridized carbons (Fsp3) is 0.188. The lowest BCUT2D eigenvalue weighted by molar-refractivity contribution is -0.116. The molecule has 2 aromatic rings. The molecule has 0 saturated heterocycles. The summed E-state index contributed by atoms with van der Waals surface area (Å²) in [6, 6.07) is 10.6. The molecule has 0 aliphatic carbocycles. The molecule has 0 radical (unpaired) electrons. The van der Waals surface area contributed by atoms with Crippen LogP contribution in [0.25, 0.3) is 0 Å². The molecule has 110 valence electrons. The molecule has 0 aliphatic rings. The van der Waals surface area contributed by atoms with Gasteiger partial charge in [0, 0.05) is 18.5 Å².